The zero-order valence-corrected chi connectivity index (χ0v) is 14.2. The van der Waals surface area contributed by atoms with Gasteiger partial charge in [0.05, 0.1) is 18.9 Å². The van der Waals surface area contributed by atoms with E-state index >= 15 is 0 Å². The Hall–Kier alpha value is -2.04. The number of aliphatic hydroxyl groups excluding tert-OH is 2. The Bertz CT molecular complexity index is 680. The molecule has 1 aromatic heterocycles. The molecule has 0 aromatic carbocycles. The molecule has 25 heavy (non-hydrogen) atoms. The highest BCUT2D eigenvalue weighted by Crippen LogP contribution is 2.28. The molecule has 1 saturated heterocycles. The molecule has 2 heterocycles. The summed E-state index contributed by atoms with van der Waals surface area (Å²) in [6.45, 7) is 5.57. The van der Waals surface area contributed by atoms with Crippen molar-refractivity contribution in [2.75, 3.05) is 11.9 Å². The van der Waals surface area contributed by atoms with Crippen molar-refractivity contribution in [2.24, 2.45) is 5.92 Å². The van der Waals surface area contributed by atoms with Crippen LogP contribution in [0.15, 0.2) is 11.0 Å². The number of nitrogens with one attached hydrogen (secondary N) is 1. The van der Waals surface area contributed by atoms with E-state index in [9.17, 15) is 24.2 Å². The van der Waals surface area contributed by atoms with Gasteiger partial charge < -0.3 is 19.7 Å². The number of hydrogen-bond donors (Lipinski definition) is 3. The fraction of sp³-hybridized carbons (Fsp3) is 0.667. The first-order valence-corrected chi connectivity index (χ1v) is 7.94. The van der Waals surface area contributed by atoms with Gasteiger partial charge in [-0.3, -0.25) is 9.88 Å². The minimum Gasteiger partial charge on any atom is -0.449 e. The molecular formula is C15H22FN3O6. The van der Waals surface area contributed by atoms with Gasteiger partial charge in [-0.1, -0.05) is 13.8 Å². The van der Waals surface area contributed by atoms with Crippen molar-refractivity contribution in [2.45, 2.75) is 51.7 Å². The first kappa shape index (κ1) is 19.3. The van der Waals surface area contributed by atoms with Gasteiger partial charge in [0.15, 0.2) is 17.9 Å². The predicted octanol–water partition coefficient (Wildman–Crippen LogP) is 0.616. The lowest BCUT2D eigenvalue weighted by molar-refractivity contribution is -0.0355. The van der Waals surface area contributed by atoms with Crippen LogP contribution in [0.3, 0.4) is 0 Å². The van der Waals surface area contributed by atoms with Crippen molar-refractivity contribution in [3.05, 3.63) is 22.5 Å². The third kappa shape index (κ3) is 4.53. The summed E-state index contributed by atoms with van der Waals surface area (Å²) in [5.41, 5.74) is -0.954. The van der Waals surface area contributed by atoms with Gasteiger partial charge in [-0.25, -0.2) is 14.0 Å². The number of anilines is 1. The highest BCUT2D eigenvalue weighted by atomic mass is 19.1. The monoisotopic (exact) mass is 359 g/mol. The van der Waals surface area contributed by atoms with E-state index in [4.69, 9.17) is 9.47 Å². The molecule has 1 aromatic rings. The molecule has 1 aliphatic rings. The Balaban J connectivity index is 2.10. The van der Waals surface area contributed by atoms with Gasteiger partial charge in [0.25, 0.3) is 0 Å². The average molecular weight is 359 g/mol. The lowest BCUT2D eigenvalue weighted by Gasteiger charge is -2.17. The molecule has 0 radical (unpaired) electrons. The van der Waals surface area contributed by atoms with Gasteiger partial charge in [0.2, 0.25) is 0 Å². The van der Waals surface area contributed by atoms with E-state index in [2.05, 4.69) is 10.3 Å². The minimum atomic E-state index is -1.41. The number of amides is 1. The van der Waals surface area contributed by atoms with Gasteiger partial charge in [-0.15, -0.1) is 0 Å². The second-order valence-corrected chi connectivity index (χ2v) is 6.28. The van der Waals surface area contributed by atoms with Crippen molar-refractivity contribution >= 4 is 11.9 Å². The lowest BCUT2D eigenvalue weighted by Crippen LogP contribution is -2.36. The summed E-state index contributed by atoms with van der Waals surface area (Å²) >= 11 is 0. The van der Waals surface area contributed by atoms with Crippen molar-refractivity contribution < 1.29 is 28.9 Å². The van der Waals surface area contributed by atoms with Crippen LogP contribution in [0, 0.1) is 11.7 Å². The molecular weight excluding hydrogens is 337 g/mol. The van der Waals surface area contributed by atoms with Crippen LogP contribution in [0.4, 0.5) is 15.0 Å². The second kappa shape index (κ2) is 7.89. The Labute approximate surface area is 143 Å². The third-order valence-corrected chi connectivity index (χ3v) is 3.81. The molecule has 4 atom stereocenters. The van der Waals surface area contributed by atoms with Gasteiger partial charge >= 0.3 is 11.8 Å². The molecule has 0 spiro atoms. The molecule has 1 aliphatic heterocycles. The first-order valence-electron chi connectivity index (χ1n) is 7.94. The van der Waals surface area contributed by atoms with Crippen molar-refractivity contribution in [3.63, 3.8) is 0 Å². The molecule has 0 unspecified atom stereocenters. The van der Waals surface area contributed by atoms with Crippen LogP contribution in [0.25, 0.3) is 0 Å². The normalized spacial score (nSPS) is 26.0. The number of hydrogen-bond acceptors (Lipinski definition) is 7. The van der Waals surface area contributed by atoms with Gasteiger partial charge in [-0.2, -0.15) is 4.98 Å². The zero-order valence-electron chi connectivity index (χ0n) is 14.2. The Morgan fingerprint density at radius 2 is 2.16 bits per heavy atom. The fourth-order valence-corrected chi connectivity index (χ4v) is 2.29. The van der Waals surface area contributed by atoms with Crippen molar-refractivity contribution in [1.82, 2.24) is 9.55 Å². The molecule has 1 amide bonds. The van der Waals surface area contributed by atoms with Crippen LogP contribution in [-0.4, -0.2) is 50.8 Å². The summed E-state index contributed by atoms with van der Waals surface area (Å²) in [6.07, 6.45) is -4.16. The van der Waals surface area contributed by atoms with Gasteiger partial charge in [0.1, 0.15) is 12.2 Å². The molecule has 0 saturated carbocycles. The molecule has 3 N–H and O–H groups in total. The summed E-state index contributed by atoms with van der Waals surface area (Å²) in [4.78, 5) is 27.1. The number of aromatic nitrogens is 2. The summed E-state index contributed by atoms with van der Waals surface area (Å²) in [7, 11) is 0. The summed E-state index contributed by atoms with van der Waals surface area (Å²) in [5, 5.41) is 21.6. The number of halogens is 1. The largest absolute Gasteiger partial charge is 0.449 e. The molecule has 0 bridgehead atoms. The van der Waals surface area contributed by atoms with E-state index in [0.29, 0.717) is 12.3 Å². The highest BCUT2D eigenvalue weighted by Gasteiger charge is 2.42. The number of rotatable bonds is 5. The number of ether oxygens (including phenoxy) is 2. The SMILES string of the molecule is CC(C)CCOC(=O)Nc1nc(=O)n([C@@H]2O[C@H](C)[C@@H](O)[C@H]2O)cc1F. The average Bonchev–Trinajstić information content (AvgIpc) is 2.77. The van der Waals surface area contributed by atoms with Gasteiger partial charge in [-0.05, 0) is 19.3 Å². The molecule has 9 nitrogen and oxygen atoms in total. The third-order valence-electron chi connectivity index (χ3n) is 3.81. The second-order valence-electron chi connectivity index (χ2n) is 6.28. The minimum absolute atomic E-state index is 0.153. The Morgan fingerprint density at radius 3 is 2.72 bits per heavy atom. The summed E-state index contributed by atoms with van der Waals surface area (Å²) in [6, 6.07) is 0. The van der Waals surface area contributed by atoms with Crippen molar-refractivity contribution in [1.29, 1.82) is 0 Å². The zero-order chi connectivity index (χ0) is 18.7. The maximum Gasteiger partial charge on any atom is 0.412 e. The van der Waals surface area contributed by atoms with E-state index in [1.165, 1.54) is 6.92 Å². The number of aliphatic hydroxyl groups is 2. The Morgan fingerprint density at radius 1 is 1.48 bits per heavy atom. The molecule has 0 aliphatic carbocycles. The fourth-order valence-electron chi connectivity index (χ4n) is 2.29. The van der Waals surface area contributed by atoms with E-state index in [1.807, 2.05) is 13.8 Å². The van der Waals surface area contributed by atoms with Crippen LogP contribution in [-0.2, 0) is 9.47 Å². The molecule has 140 valence electrons. The first-order chi connectivity index (χ1) is 11.7. The number of carbonyl (C=O) groups excluding carboxylic acids is 1. The Kier molecular flexibility index (Phi) is 6.09. The standard InChI is InChI=1S/C15H22FN3O6/c1-7(2)4-5-24-15(23)18-12-9(16)6-19(14(22)17-12)13-11(21)10(20)8(3)25-13/h6-8,10-11,13,20-21H,4-5H2,1-3H3,(H,17,18,22,23)/t8-,10-,11-,13-/m1/s1. The lowest BCUT2D eigenvalue weighted by atomic mass is 10.1. The maximum absolute atomic E-state index is 14.1. The quantitative estimate of drug-likeness (QED) is 0.704. The smallest absolute Gasteiger partial charge is 0.412 e. The van der Waals surface area contributed by atoms with Crippen LogP contribution in [0.1, 0.15) is 33.4 Å². The van der Waals surface area contributed by atoms with Crippen LogP contribution >= 0.6 is 0 Å². The van der Waals surface area contributed by atoms with Crippen LogP contribution in [0.2, 0.25) is 0 Å². The maximum atomic E-state index is 14.1. The molecule has 2 rings (SSSR count). The topological polar surface area (TPSA) is 123 Å². The highest BCUT2D eigenvalue weighted by molar-refractivity contribution is 5.83. The predicted molar refractivity (Wildman–Crippen MR) is 84.5 cm³/mol. The van der Waals surface area contributed by atoms with Crippen LogP contribution in [0.5, 0.6) is 0 Å². The van der Waals surface area contributed by atoms with E-state index in [-0.39, 0.29) is 6.61 Å². The molecule has 10 heteroatoms. The summed E-state index contributed by atoms with van der Waals surface area (Å²) in [5.74, 6) is -1.26. The molecule has 1 fully saturated rings. The summed E-state index contributed by atoms with van der Waals surface area (Å²) < 4.78 is 25.0. The van der Waals surface area contributed by atoms with E-state index in [1.54, 1.807) is 0 Å². The van der Waals surface area contributed by atoms with E-state index < -0.39 is 48.0 Å². The van der Waals surface area contributed by atoms with Gasteiger partial charge in [0, 0.05) is 0 Å². The number of nitrogens with zero attached hydrogens (tertiary/aromatic N) is 2. The van der Waals surface area contributed by atoms with Crippen molar-refractivity contribution in [3.8, 4) is 0 Å². The number of carbonyl (C=O) groups is 1. The van der Waals surface area contributed by atoms with E-state index in [0.717, 1.165) is 10.8 Å². The van der Waals surface area contributed by atoms with Crippen LogP contribution < -0.4 is 11.0 Å².